The number of rotatable bonds is 0. The quantitative estimate of drug-likeness (QED) is 0.533. The van der Waals surface area contributed by atoms with Crippen molar-refractivity contribution in [2.24, 2.45) is 15.7 Å². The molecule has 0 saturated carbocycles. The fourth-order valence-corrected chi connectivity index (χ4v) is 0.746. The molecule has 3 heteroatoms. The van der Waals surface area contributed by atoms with Crippen molar-refractivity contribution in [1.29, 1.82) is 0 Å². The van der Waals surface area contributed by atoms with Gasteiger partial charge in [-0.25, -0.2) is 9.98 Å². The van der Waals surface area contributed by atoms with Crippen LogP contribution in [0.15, 0.2) is 21.4 Å². The molecule has 0 amide bonds. The third kappa shape index (κ3) is 1.43. The van der Waals surface area contributed by atoms with Crippen molar-refractivity contribution in [1.82, 2.24) is 0 Å². The van der Waals surface area contributed by atoms with Gasteiger partial charge in [0.25, 0.3) is 0 Å². The minimum atomic E-state index is 0.742. The van der Waals surface area contributed by atoms with Crippen LogP contribution < -0.4 is 5.73 Å². The number of allylic oxidation sites excluding steroid dienone is 2. The van der Waals surface area contributed by atoms with Crippen LogP contribution in [0.1, 0.15) is 20.3 Å². The minimum absolute atomic E-state index is 0.742. The maximum Gasteiger partial charge on any atom is 0.115 e. The molecule has 54 valence electrons. The van der Waals surface area contributed by atoms with Gasteiger partial charge in [-0.3, -0.25) is 0 Å². The summed E-state index contributed by atoms with van der Waals surface area (Å²) in [6.07, 6.45) is 2.29. The maximum absolute atomic E-state index is 5.65. The van der Waals surface area contributed by atoms with E-state index in [9.17, 15) is 0 Å². The van der Waals surface area contributed by atoms with Crippen LogP contribution in [0.4, 0.5) is 0 Å². The average Bonchev–Trinajstić information content (AvgIpc) is 1.96. The molecule has 1 aliphatic rings. The Morgan fingerprint density at radius 1 is 1.50 bits per heavy atom. The zero-order chi connectivity index (χ0) is 7.56. The first-order chi connectivity index (χ1) is 4.70. The Bertz CT molecular complexity index is 223. The third-order valence-electron chi connectivity index (χ3n) is 1.44. The van der Waals surface area contributed by atoms with Crippen LogP contribution in [0.3, 0.4) is 0 Å². The summed E-state index contributed by atoms with van der Waals surface area (Å²) in [7, 11) is 0. The predicted molar refractivity (Wildman–Crippen MR) is 43.1 cm³/mol. The van der Waals surface area contributed by atoms with E-state index in [1.807, 2.05) is 13.8 Å². The van der Waals surface area contributed by atoms with Crippen LogP contribution in [0.5, 0.6) is 0 Å². The van der Waals surface area contributed by atoms with Crippen molar-refractivity contribution < 1.29 is 0 Å². The van der Waals surface area contributed by atoms with Gasteiger partial charge >= 0.3 is 0 Å². The number of nitrogens with zero attached hydrogens (tertiary/aromatic N) is 2. The van der Waals surface area contributed by atoms with E-state index in [2.05, 4.69) is 9.98 Å². The SMILES string of the molecule is CC1=NC=NC(C)=C(N)C1. The van der Waals surface area contributed by atoms with E-state index in [-0.39, 0.29) is 0 Å². The van der Waals surface area contributed by atoms with Crippen LogP contribution in [-0.4, -0.2) is 12.1 Å². The van der Waals surface area contributed by atoms with E-state index in [0.29, 0.717) is 0 Å². The van der Waals surface area contributed by atoms with Gasteiger partial charge in [0.2, 0.25) is 0 Å². The first-order valence-corrected chi connectivity index (χ1v) is 3.21. The molecule has 0 aliphatic carbocycles. The molecule has 0 aromatic rings. The largest absolute Gasteiger partial charge is 0.400 e. The molecule has 0 fully saturated rings. The molecule has 1 rings (SSSR count). The highest BCUT2D eigenvalue weighted by atomic mass is 14.9. The highest BCUT2D eigenvalue weighted by Gasteiger charge is 2.00. The summed E-state index contributed by atoms with van der Waals surface area (Å²) < 4.78 is 0. The van der Waals surface area contributed by atoms with Gasteiger partial charge in [0.05, 0.1) is 5.70 Å². The van der Waals surface area contributed by atoms with Gasteiger partial charge < -0.3 is 5.73 Å². The minimum Gasteiger partial charge on any atom is -0.400 e. The molecule has 2 N–H and O–H groups in total. The van der Waals surface area contributed by atoms with Crippen molar-refractivity contribution in [3.05, 3.63) is 11.4 Å². The lowest BCUT2D eigenvalue weighted by Crippen LogP contribution is -2.03. The van der Waals surface area contributed by atoms with E-state index in [4.69, 9.17) is 5.73 Å². The number of hydrogen-bond acceptors (Lipinski definition) is 3. The normalized spacial score (nSPS) is 18.8. The standard InChI is InChI=1S/C7H11N3/c1-5-3-7(8)6(2)10-4-9-5/h4H,3,8H2,1-2H3. The molecule has 10 heavy (non-hydrogen) atoms. The van der Waals surface area contributed by atoms with Crippen LogP contribution in [0.2, 0.25) is 0 Å². The lowest BCUT2D eigenvalue weighted by Gasteiger charge is -1.98. The smallest absolute Gasteiger partial charge is 0.115 e. The van der Waals surface area contributed by atoms with Crippen molar-refractivity contribution in [3.8, 4) is 0 Å². The van der Waals surface area contributed by atoms with Gasteiger partial charge in [-0.1, -0.05) is 0 Å². The summed E-state index contributed by atoms with van der Waals surface area (Å²) in [5, 5.41) is 0. The summed E-state index contributed by atoms with van der Waals surface area (Å²) >= 11 is 0. The number of aliphatic imine (C=N–C) groups is 2. The van der Waals surface area contributed by atoms with E-state index < -0.39 is 0 Å². The second kappa shape index (κ2) is 2.64. The van der Waals surface area contributed by atoms with Gasteiger partial charge in [0, 0.05) is 17.8 Å². The molecule has 0 radical (unpaired) electrons. The van der Waals surface area contributed by atoms with Crippen LogP contribution in [0, 0.1) is 0 Å². The Morgan fingerprint density at radius 3 is 2.90 bits per heavy atom. The second-order valence-electron chi connectivity index (χ2n) is 2.40. The van der Waals surface area contributed by atoms with Crippen molar-refractivity contribution in [2.45, 2.75) is 20.3 Å². The maximum atomic E-state index is 5.65. The Hall–Kier alpha value is -1.12. The molecule has 0 spiro atoms. The third-order valence-corrected chi connectivity index (χ3v) is 1.44. The number of hydrogen-bond donors (Lipinski definition) is 1. The van der Waals surface area contributed by atoms with Crippen LogP contribution >= 0.6 is 0 Å². The summed E-state index contributed by atoms with van der Waals surface area (Å²) in [5.74, 6) is 0. The first-order valence-electron chi connectivity index (χ1n) is 3.21. The van der Waals surface area contributed by atoms with Gasteiger partial charge in [0.1, 0.15) is 6.34 Å². The Morgan fingerprint density at radius 2 is 2.20 bits per heavy atom. The highest BCUT2D eigenvalue weighted by Crippen LogP contribution is 2.07. The highest BCUT2D eigenvalue weighted by molar-refractivity contribution is 5.91. The van der Waals surface area contributed by atoms with Crippen molar-refractivity contribution >= 4 is 12.1 Å². The molecule has 0 bridgehead atoms. The Labute approximate surface area is 60.4 Å². The van der Waals surface area contributed by atoms with Gasteiger partial charge in [-0.05, 0) is 13.8 Å². The van der Waals surface area contributed by atoms with E-state index in [1.54, 1.807) is 6.34 Å². The molecule has 0 atom stereocenters. The van der Waals surface area contributed by atoms with Crippen LogP contribution in [-0.2, 0) is 0 Å². The van der Waals surface area contributed by atoms with E-state index in [0.717, 1.165) is 23.5 Å². The predicted octanol–water partition coefficient (Wildman–Crippen LogP) is 1.07. The topological polar surface area (TPSA) is 50.7 Å². The fourth-order valence-electron chi connectivity index (χ4n) is 0.746. The van der Waals surface area contributed by atoms with Gasteiger partial charge in [-0.2, -0.15) is 0 Å². The summed E-state index contributed by atoms with van der Waals surface area (Å²) in [6.45, 7) is 3.83. The van der Waals surface area contributed by atoms with Gasteiger partial charge in [-0.15, -0.1) is 0 Å². The molecule has 1 heterocycles. The molecular weight excluding hydrogens is 126 g/mol. The van der Waals surface area contributed by atoms with E-state index >= 15 is 0 Å². The molecule has 0 aromatic carbocycles. The van der Waals surface area contributed by atoms with Crippen molar-refractivity contribution in [3.63, 3.8) is 0 Å². The van der Waals surface area contributed by atoms with Gasteiger partial charge in [0.15, 0.2) is 0 Å². The van der Waals surface area contributed by atoms with Crippen LogP contribution in [0.25, 0.3) is 0 Å². The zero-order valence-corrected chi connectivity index (χ0v) is 6.26. The lowest BCUT2D eigenvalue weighted by atomic mass is 10.2. The zero-order valence-electron chi connectivity index (χ0n) is 6.26. The van der Waals surface area contributed by atoms with Crippen molar-refractivity contribution in [2.75, 3.05) is 0 Å². The molecule has 1 aliphatic heterocycles. The number of nitrogens with two attached hydrogens (primary N) is 1. The lowest BCUT2D eigenvalue weighted by molar-refractivity contribution is 1.11. The second-order valence-corrected chi connectivity index (χ2v) is 2.40. The summed E-state index contributed by atoms with van der Waals surface area (Å²) in [6, 6.07) is 0. The Kier molecular flexibility index (Phi) is 1.85. The average molecular weight is 137 g/mol. The molecule has 0 unspecified atom stereocenters. The Balaban J connectivity index is 2.90. The molecular formula is C7H11N3. The molecule has 0 aromatic heterocycles. The monoisotopic (exact) mass is 137 g/mol. The van der Waals surface area contributed by atoms with E-state index in [1.165, 1.54) is 0 Å². The molecule has 3 nitrogen and oxygen atoms in total. The first kappa shape index (κ1) is 6.99. The summed E-state index contributed by atoms with van der Waals surface area (Å²) in [5.41, 5.74) is 8.36. The molecule has 0 saturated heterocycles. The summed E-state index contributed by atoms with van der Waals surface area (Å²) in [4.78, 5) is 8.02. The fraction of sp³-hybridized carbons (Fsp3) is 0.429.